The van der Waals surface area contributed by atoms with Gasteiger partial charge in [-0.3, -0.25) is 0 Å². The van der Waals surface area contributed by atoms with Gasteiger partial charge < -0.3 is 10.7 Å². The number of aryl methyl sites for hydroxylation is 1. The molecule has 5 nitrogen and oxygen atoms in total. The van der Waals surface area contributed by atoms with Crippen molar-refractivity contribution < 1.29 is 8.42 Å². The van der Waals surface area contributed by atoms with E-state index in [2.05, 4.69) is 9.97 Å². The number of imidazole rings is 1. The maximum atomic E-state index is 11.1. The van der Waals surface area contributed by atoms with Crippen molar-refractivity contribution in [2.75, 3.05) is 12.0 Å². The largest absolute Gasteiger partial charge is 0.340 e. The van der Waals surface area contributed by atoms with Crippen LogP contribution < -0.4 is 5.73 Å². The van der Waals surface area contributed by atoms with Crippen LogP contribution in [0.15, 0.2) is 17.6 Å². The van der Waals surface area contributed by atoms with Crippen LogP contribution in [0.5, 0.6) is 0 Å². The van der Waals surface area contributed by atoms with Crippen molar-refractivity contribution in [3.8, 4) is 10.6 Å². The van der Waals surface area contributed by atoms with Crippen LogP contribution in [0.3, 0.4) is 0 Å². The van der Waals surface area contributed by atoms with Crippen LogP contribution in [0.2, 0.25) is 0 Å². The minimum absolute atomic E-state index is 0.0717. The lowest BCUT2D eigenvalue weighted by Crippen LogP contribution is -2.16. The number of hydrogen-bond donors (Lipinski definition) is 2. The first-order valence-corrected chi connectivity index (χ1v) is 8.83. The second kappa shape index (κ2) is 5.44. The maximum absolute atomic E-state index is 11.1. The number of nitrogens with zero attached hydrogens (tertiary/aromatic N) is 1. The summed E-state index contributed by atoms with van der Waals surface area (Å²) in [5.41, 5.74) is 8.07. The Morgan fingerprint density at radius 1 is 1.53 bits per heavy atom. The minimum Gasteiger partial charge on any atom is -0.340 e. The smallest absolute Gasteiger partial charge is 0.147 e. The van der Waals surface area contributed by atoms with Crippen LogP contribution in [0.4, 0.5) is 0 Å². The summed E-state index contributed by atoms with van der Waals surface area (Å²) in [7, 11) is -2.99. The fourth-order valence-electron chi connectivity index (χ4n) is 1.77. The third-order valence-corrected chi connectivity index (χ3v) is 4.88. The van der Waals surface area contributed by atoms with Crippen molar-refractivity contribution in [3.05, 3.63) is 29.0 Å². The monoisotopic (exact) mass is 299 g/mol. The van der Waals surface area contributed by atoms with E-state index in [9.17, 15) is 8.42 Å². The summed E-state index contributed by atoms with van der Waals surface area (Å²) in [5, 5.41) is 2.02. The topological polar surface area (TPSA) is 88.8 Å². The predicted octanol–water partition coefficient (Wildman–Crippen LogP) is 1.88. The van der Waals surface area contributed by atoms with Crippen molar-refractivity contribution in [1.29, 1.82) is 0 Å². The molecule has 0 fully saturated rings. The summed E-state index contributed by atoms with van der Waals surface area (Å²) in [6, 6.07) is 1.66. The first kappa shape index (κ1) is 14.2. The predicted molar refractivity (Wildman–Crippen MR) is 77.9 cm³/mol. The van der Waals surface area contributed by atoms with Gasteiger partial charge in [-0.1, -0.05) is 0 Å². The van der Waals surface area contributed by atoms with Crippen LogP contribution in [0, 0.1) is 6.92 Å². The molecule has 0 spiro atoms. The van der Waals surface area contributed by atoms with E-state index in [1.165, 1.54) is 11.8 Å². The summed E-state index contributed by atoms with van der Waals surface area (Å²) >= 11 is 1.64. The molecule has 2 aromatic rings. The highest BCUT2D eigenvalue weighted by Gasteiger charge is 2.14. The van der Waals surface area contributed by atoms with Crippen molar-refractivity contribution in [2.24, 2.45) is 5.73 Å². The molecule has 0 bridgehead atoms. The molecule has 0 radical (unpaired) electrons. The highest BCUT2D eigenvalue weighted by Crippen LogP contribution is 2.28. The van der Waals surface area contributed by atoms with Crippen molar-refractivity contribution in [1.82, 2.24) is 9.97 Å². The van der Waals surface area contributed by atoms with E-state index in [1.54, 1.807) is 17.5 Å². The molecule has 0 aliphatic rings. The van der Waals surface area contributed by atoms with Crippen molar-refractivity contribution in [3.63, 3.8) is 0 Å². The van der Waals surface area contributed by atoms with Gasteiger partial charge in [0, 0.05) is 6.26 Å². The molecular formula is C12H17N3O2S2. The van der Waals surface area contributed by atoms with Gasteiger partial charge in [-0.05, 0) is 30.4 Å². The van der Waals surface area contributed by atoms with Crippen LogP contribution >= 0.6 is 11.3 Å². The standard InChI is InChI=1S/C12H17N3O2S2/c1-8-3-5-18-11(8)10-7-14-12(15-10)9(13)4-6-19(2,16)17/h3,5,7,9H,4,6,13H2,1-2H3,(H,14,15). The zero-order valence-electron chi connectivity index (χ0n) is 10.9. The van der Waals surface area contributed by atoms with Crippen molar-refractivity contribution in [2.45, 2.75) is 19.4 Å². The van der Waals surface area contributed by atoms with Gasteiger partial charge in [-0.25, -0.2) is 13.4 Å². The lowest BCUT2D eigenvalue weighted by atomic mass is 10.2. The summed E-state index contributed by atoms with van der Waals surface area (Å²) in [6.45, 7) is 2.04. The Kier molecular flexibility index (Phi) is 4.07. The molecule has 0 aliphatic heterocycles. The van der Waals surface area contributed by atoms with Crippen LogP contribution in [0.25, 0.3) is 10.6 Å². The summed E-state index contributed by atoms with van der Waals surface area (Å²) in [4.78, 5) is 8.55. The number of H-pyrrole nitrogens is 1. The highest BCUT2D eigenvalue weighted by atomic mass is 32.2. The third kappa shape index (κ3) is 3.65. The van der Waals surface area contributed by atoms with Crippen molar-refractivity contribution >= 4 is 21.2 Å². The van der Waals surface area contributed by atoms with Crippen LogP contribution in [-0.2, 0) is 9.84 Å². The van der Waals surface area contributed by atoms with E-state index >= 15 is 0 Å². The average molecular weight is 299 g/mol. The molecule has 3 N–H and O–H groups in total. The van der Waals surface area contributed by atoms with Crippen LogP contribution in [0.1, 0.15) is 23.9 Å². The molecule has 0 aliphatic carbocycles. The zero-order valence-corrected chi connectivity index (χ0v) is 12.5. The summed E-state index contributed by atoms with van der Waals surface area (Å²) < 4.78 is 22.2. The van der Waals surface area contributed by atoms with E-state index in [-0.39, 0.29) is 11.8 Å². The Labute approximate surface area is 116 Å². The van der Waals surface area contributed by atoms with Gasteiger partial charge in [0.05, 0.1) is 28.6 Å². The normalized spacial score (nSPS) is 13.6. The molecule has 0 aromatic carbocycles. The fraction of sp³-hybridized carbons (Fsp3) is 0.417. The molecule has 0 amide bonds. The molecule has 2 rings (SSSR count). The Balaban J connectivity index is 2.11. The highest BCUT2D eigenvalue weighted by molar-refractivity contribution is 7.90. The summed E-state index contributed by atoms with van der Waals surface area (Å²) in [6.07, 6.45) is 3.33. The quantitative estimate of drug-likeness (QED) is 0.882. The molecule has 1 atom stereocenters. The molecule has 2 heterocycles. The van der Waals surface area contributed by atoms with Crippen LogP contribution in [-0.4, -0.2) is 30.4 Å². The molecule has 7 heteroatoms. The Bertz CT molecular complexity index is 658. The lowest BCUT2D eigenvalue weighted by Gasteiger charge is -2.07. The molecule has 1 unspecified atom stereocenters. The van der Waals surface area contributed by atoms with Gasteiger partial charge in [-0.15, -0.1) is 11.3 Å². The number of aromatic amines is 1. The number of thiophene rings is 1. The number of rotatable bonds is 5. The first-order chi connectivity index (χ1) is 8.87. The van der Waals surface area contributed by atoms with Gasteiger partial charge in [0.25, 0.3) is 0 Å². The summed E-state index contributed by atoms with van der Waals surface area (Å²) in [5.74, 6) is 0.703. The number of nitrogens with two attached hydrogens (primary N) is 1. The molecule has 0 saturated heterocycles. The Morgan fingerprint density at radius 3 is 2.84 bits per heavy atom. The third-order valence-electron chi connectivity index (χ3n) is 2.85. The fourth-order valence-corrected chi connectivity index (χ4v) is 3.34. The number of nitrogens with one attached hydrogen (secondary N) is 1. The Morgan fingerprint density at radius 2 is 2.26 bits per heavy atom. The second-order valence-electron chi connectivity index (χ2n) is 4.64. The maximum Gasteiger partial charge on any atom is 0.147 e. The van der Waals surface area contributed by atoms with Gasteiger partial charge >= 0.3 is 0 Å². The van der Waals surface area contributed by atoms with E-state index in [4.69, 9.17) is 5.73 Å². The molecular weight excluding hydrogens is 282 g/mol. The number of hydrogen-bond acceptors (Lipinski definition) is 5. The first-order valence-electron chi connectivity index (χ1n) is 5.89. The van der Waals surface area contributed by atoms with E-state index < -0.39 is 9.84 Å². The molecule has 104 valence electrons. The average Bonchev–Trinajstić information content (AvgIpc) is 2.93. The molecule has 0 saturated carbocycles. The molecule has 19 heavy (non-hydrogen) atoms. The Hall–Kier alpha value is -1.18. The zero-order chi connectivity index (χ0) is 14.0. The minimum atomic E-state index is -2.99. The van der Waals surface area contributed by atoms with Gasteiger partial charge in [-0.2, -0.15) is 0 Å². The number of sulfone groups is 1. The number of aromatic nitrogens is 2. The van der Waals surface area contributed by atoms with Gasteiger partial charge in [0.1, 0.15) is 15.7 Å². The van der Waals surface area contributed by atoms with Gasteiger partial charge in [0.15, 0.2) is 0 Å². The molecule has 2 aromatic heterocycles. The van der Waals surface area contributed by atoms with E-state index in [0.29, 0.717) is 12.2 Å². The van der Waals surface area contributed by atoms with Gasteiger partial charge in [0.2, 0.25) is 0 Å². The lowest BCUT2D eigenvalue weighted by molar-refractivity contribution is 0.588. The van der Waals surface area contributed by atoms with E-state index in [1.807, 2.05) is 18.4 Å². The second-order valence-corrected chi connectivity index (χ2v) is 7.82. The van der Waals surface area contributed by atoms with E-state index in [0.717, 1.165) is 10.6 Å². The SMILES string of the molecule is Cc1ccsc1-c1cnc(C(N)CCS(C)(=O)=O)[nH]1.